The molecule has 9 heteroatoms. The van der Waals surface area contributed by atoms with Crippen LogP contribution in [0.2, 0.25) is 5.02 Å². The Hall–Kier alpha value is -3.36. The van der Waals surface area contributed by atoms with Crippen molar-refractivity contribution < 1.29 is 4.74 Å². The summed E-state index contributed by atoms with van der Waals surface area (Å²) in [6.45, 7) is 5.72. The first kappa shape index (κ1) is 22.4. The molecule has 34 heavy (non-hydrogen) atoms. The SMILES string of the molecule is CCn1c(=O)c(-c2ccc(-c3nccnc3C)cc2Cl)cc2cnc(NC3CCCOC3)nc21. The predicted octanol–water partition coefficient (Wildman–Crippen LogP) is 4.49. The standard InChI is InChI=1S/C25H25ClN6O2/c1-3-32-23-17(13-29-25(31-23)30-18-5-4-10-34-14-18)11-20(24(32)33)19-7-6-16(12-21(19)26)22-15(2)27-8-9-28-22/h6-9,11-13,18H,3-5,10,14H2,1-2H3,(H,29,30,31). The second-order valence-electron chi connectivity index (χ2n) is 8.32. The fourth-order valence-corrected chi connectivity index (χ4v) is 4.61. The Kier molecular flexibility index (Phi) is 6.26. The van der Waals surface area contributed by atoms with Crippen LogP contribution < -0.4 is 10.9 Å². The van der Waals surface area contributed by atoms with Crippen LogP contribution in [0.1, 0.15) is 25.5 Å². The molecule has 1 unspecified atom stereocenters. The van der Waals surface area contributed by atoms with E-state index >= 15 is 0 Å². The van der Waals surface area contributed by atoms with Gasteiger partial charge in [-0.3, -0.25) is 19.3 Å². The maximum Gasteiger partial charge on any atom is 0.260 e. The number of halogens is 1. The fraction of sp³-hybridized carbons (Fsp3) is 0.320. The summed E-state index contributed by atoms with van der Waals surface area (Å²) in [6.07, 6.45) is 7.06. The Morgan fingerprint density at radius 1 is 1.18 bits per heavy atom. The number of anilines is 1. The van der Waals surface area contributed by atoms with Gasteiger partial charge in [0.2, 0.25) is 5.95 Å². The molecule has 5 rings (SSSR count). The van der Waals surface area contributed by atoms with E-state index in [1.54, 1.807) is 23.2 Å². The van der Waals surface area contributed by atoms with Crippen molar-refractivity contribution in [3.05, 3.63) is 63.9 Å². The van der Waals surface area contributed by atoms with Gasteiger partial charge in [-0.05, 0) is 38.8 Å². The third-order valence-corrected chi connectivity index (χ3v) is 6.36. The van der Waals surface area contributed by atoms with Crippen molar-refractivity contribution in [1.82, 2.24) is 24.5 Å². The summed E-state index contributed by atoms with van der Waals surface area (Å²) >= 11 is 6.67. The largest absolute Gasteiger partial charge is 0.379 e. The lowest BCUT2D eigenvalue weighted by atomic mass is 10.0. The molecule has 3 aromatic heterocycles. The van der Waals surface area contributed by atoms with Crippen LogP contribution in [-0.4, -0.2) is 43.8 Å². The van der Waals surface area contributed by atoms with Crippen LogP contribution in [0.3, 0.4) is 0 Å². The fourth-order valence-electron chi connectivity index (χ4n) is 4.32. The van der Waals surface area contributed by atoms with Crippen LogP contribution in [-0.2, 0) is 11.3 Å². The molecule has 4 heterocycles. The van der Waals surface area contributed by atoms with Crippen molar-refractivity contribution in [2.24, 2.45) is 0 Å². The van der Waals surface area contributed by atoms with Gasteiger partial charge in [-0.25, -0.2) is 4.98 Å². The van der Waals surface area contributed by atoms with Crippen LogP contribution in [0.5, 0.6) is 0 Å². The van der Waals surface area contributed by atoms with E-state index < -0.39 is 0 Å². The highest BCUT2D eigenvalue weighted by atomic mass is 35.5. The Morgan fingerprint density at radius 2 is 2.03 bits per heavy atom. The van der Waals surface area contributed by atoms with Crippen molar-refractivity contribution >= 4 is 28.6 Å². The minimum Gasteiger partial charge on any atom is -0.379 e. The monoisotopic (exact) mass is 476 g/mol. The zero-order valence-corrected chi connectivity index (χ0v) is 19.8. The Balaban J connectivity index is 1.55. The number of aryl methyl sites for hydroxylation is 2. The molecule has 0 saturated carbocycles. The van der Waals surface area contributed by atoms with Crippen molar-refractivity contribution in [1.29, 1.82) is 0 Å². The van der Waals surface area contributed by atoms with Crippen LogP contribution in [0.4, 0.5) is 5.95 Å². The molecule has 0 bridgehead atoms. The van der Waals surface area contributed by atoms with Gasteiger partial charge in [0.05, 0.1) is 24.0 Å². The molecule has 1 aromatic carbocycles. The lowest BCUT2D eigenvalue weighted by Gasteiger charge is -2.23. The molecule has 1 aliphatic rings. The lowest BCUT2D eigenvalue weighted by molar-refractivity contribution is 0.0874. The molecule has 0 aliphatic carbocycles. The molecule has 1 fully saturated rings. The third kappa shape index (κ3) is 4.26. The Bertz CT molecular complexity index is 1410. The van der Waals surface area contributed by atoms with Crippen LogP contribution >= 0.6 is 11.6 Å². The molecule has 174 valence electrons. The summed E-state index contributed by atoms with van der Waals surface area (Å²) < 4.78 is 7.19. The molecule has 0 radical (unpaired) electrons. The average molecular weight is 477 g/mol. The topological polar surface area (TPSA) is 94.8 Å². The van der Waals surface area contributed by atoms with Gasteiger partial charge in [-0.2, -0.15) is 4.98 Å². The highest BCUT2D eigenvalue weighted by Crippen LogP contribution is 2.32. The summed E-state index contributed by atoms with van der Waals surface area (Å²) in [5, 5.41) is 4.57. The van der Waals surface area contributed by atoms with E-state index in [9.17, 15) is 4.79 Å². The van der Waals surface area contributed by atoms with E-state index in [-0.39, 0.29) is 11.6 Å². The van der Waals surface area contributed by atoms with Gasteiger partial charge in [0.1, 0.15) is 5.65 Å². The number of rotatable bonds is 5. The van der Waals surface area contributed by atoms with Crippen molar-refractivity contribution in [2.45, 2.75) is 39.3 Å². The van der Waals surface area contributed by atoms with Gasteiger partial charge in [0.25, 0.3) is 5.56 Å². The molecule has 0 spiro atoms. The Morgan fingerprint density at radius 3 is 2.76 bits per heavy atom. The molecule has 1 saturated heterocycles. The molecular weight excluding hydrogens is 452 g/mol. The first-order chi connectivity index (χ1) is 16.5. The number of fused-ring (bicyclic) bond motifs is 1. The minimum absolute atomic E-state index is 0.147. The second kappa shape index (κ2) is 9.48. The molecule has 1 aliphatic heterocycles. The van der Waals surface area contributed by atoms with E-state index in [1.807, 2.05) is 38.1 Å². The molecule has 4 aromatic rings. The first-order valence-electron chi connectivity index (χ1n) is 11.4. The number of aromatic nitrogens is 5. The number of hydrogen-bond acceptors (Lipinski definition) is 7. The van der Waals surface area contributed by atoms with Crippen LogP contribution in [0.15, 0.2) is 47.7 Å². The maximum atomic E-state index is 13.5. The Labute approximate surface area is 202 Å². The quantitative estimate of drug-likeness (QED) is 0.453. The zero-order chi connectivity index (χ0) is 23.7. The average Bonchev–Trinajstić information content (AvgIpc) is 2.85. The molecule has 1 N–H and O–H groups in total. The van der Waals surface area contributed by atoms with E-state index in [4.69, 9.17) is 16.3 Å². The highest BCUT2D eigenvalue weighted by Gasteiger charge is 2.18. The van der Waals surface area contributed by atoms with E-state index in [0.29, 0.717) is 40.9 Å². The molecule has 0 amide bonds. The number of benzene rings is 1. The van der Waals surface area contributed by atoms with E-state index in [2.05, 4.69) is 25.3 Å². The van der Waals surface area contributed by atoms with Gasteiger partial charge in [0, 0.05) is 58.8 Å². The van der Waals surface area contributed by atoms with E-state index in [0.717, 1.165) is 41.8 Å². The molecule has 1 atom stereocenters. The normalized spacial score (nSPS) is 16.0. The number of nitrogens with one attached hydrogen (secondary N) is 1. The number of nitrogens with zero attached hydrogens (tertiary/aromatic N) is 5. The third-order valence-electron chi connectivity index (χ3n) is 6.05. The summed E-state index contributed by atoms with van der Waals surface area (Å²) in [5.41, 5.74) is 4.03. The van der Waals surface area contributed by atoms with Crippen molar-refractivity contribution in [3.63, 3.8) is 0 Å². The summed E-state index contributed by atoms with van der Waals surface area (Å²) in [4.78, 5) is 31.3. The second-order valence-corrected chi connectivity index (χ2v) is 8.73. The van der Waals surface area contributed by atoms with Gasteiger partial charge in [0.15, 0.2) is 0 Å². The summed E-state index contributed by atoms with van der Waals surface area (Å²) in [5.74, 6) is 0.499. The first-order valence-corrected chi connectivity index (χ1v) is 11.8. The van der Waals surface area contributed by atoms with E-state index in [1.165, 1.54) is 0 Å². The van der Waals surface area contributed by atoms with Gasteiger partial charge in [-0.15, -0.1) is 0 Å². The van der Waals surface area contributed by atoms with Gasteiger partial charge >= 0.3 is 0 Å². The minimum atomic E-state index is -0.147. The highest BCUT2D eigenvalue weighted by molar-refractivity contribution is 6.33. The smallest absolute Gasteiger partial charge is 0.260 e. The molecular formula is C25H25ClN6O2. The van der Waals surface area contributed by atoms with Crippen molar-refractivity contribution in [3.8, 4) is 22.4 Å². The van der Waals surface area contributed by atoms with Crippen LogP contribution in [0.25, 0.3) is 33.4 Å². The summed E-state index contributed by atoms with van der Waals surface area (Å²) in [7, 11) is 0. The number of pyridine rings is 1. The van der Waals surface area contributed by atoms with Gasteiger partial charge < -0.3 is 10.1 Å². The van der Waals surface area contributed by atoms with Crippen molar-refractivity contribution in [2.75, 3.05) is 18.5 Å². The lowest BCUT2D eigenvalue weighted by Crippen LogP contribution is -2.31. The van der Waals surface area contributed by atoms with Crippen LogP contribution in [0, 0.1) is 6.92 Å². The maximum absolute atomic E-state index is 13.5. The number of ether oxygens (including phenoxy) is 1. The zero-order valence-electron chi connectivity index (χ0n) is 19.1. The number of hydrogen-bond donors (Lipinski definition) is 1. The van der Waals surface area contributed by atoms with Gasteiger partial charge in [-0.1, -0.05) is 23.7 Å². The summed E-state index contributed by atoms with van der Waals surface area (Å²) in [6, 6.07) is 7.57. The molecule has 8 nitrogen and oxygen atoms in total. The predicted molar refractivity (Wildman–Crippen MR) is 133 cm³/mol.